The van der Waals surface area contributed by atoms with Crippen molar-refractivity contribution in [1.82, 2.24) is 0 Å². The Balaban J connectivity index is 0.000000211. The van der Waals surface area contributed by atoms with Crippen LogP contribution in [0.15, 0.2) is 45.3 Å². The second-order valence-electron chi connectivity index (χ2n) is 4.65. The normalized spacial score (nSPS) is 9.90. The minimum absolute atomic E-state index is 0.380. The van der Waals surface area contributed by atoms with Gasteiger partial charge in [-0.15, -0.1) is 0 Å². The van der Waals surface area contributed by atoms with Crippen LogP contribution in [-0.4, -0.2) is 10.2 Å². The van der Waals surface area contributed by atoms with Gasteiger partial charge in [-0.1, -0.05) is 52.1 Å². The van der Waals surface area contributed by atoms with Gasteiger partial charge in [0.05, 0.1) is 0 Å². The van der Waals surface area contributed by atoms with E-state index in [1.807, 2.05) is 31.2 Å². The van der Waals surface area contributed by atoms with Crippen molar-refractivity contribution in [2.24, 2.45) is 0 Å². The zero-order valence-corrected chi connectivity index (χ0v) is 15.4. The number of halogens is 2. The summed E-state index contributed by atoms with van der Waals surface area (Å²) in [6.45, 7) is 4.11. The zero-order chi connectivity index (χ0) is 15.8. The molecule has 0 unspecified atom stereocenters. The van der Waals surface area contributed by atoms with Crippen molar-refractivity contribution in [1.29, 1.82) is 0 Å². The quantitative estimate of drug-likeness (QED) is 0.662. The highest BCUT2D eigenvalue weighted by Crippen LogP contribution is 2.23. The number of aromatic hydroxyl groups is 2. The fourth-order valence-electron chi connectivity index (χ4n) is 1.86. The van der Waals surface area contributed by atoms with Crippen molar-refractivity contribution in [2.45, 2.75) is 33.1 Å². The number of benzene rings is 2. The third-order valence-corrected chi connectivity index (χ3v) is 3.97. The molecular weight excluding hydrogens is 396 g/mol. The molecular formula is C17H20Br2O2. The van der Waals surface area contributed by atoms with Gasteiger partial charge in [-0.3, -0.25) is 0 Å². The van der Waals surface area contributed by atoms with Gasteiger partial charge >= 0.3 is 0 Å². The molecule has 0 radical (unpaired) electrons. The molecule has 0 fully saturated rings. The lowest BCUT2D eigenvalue weighted by Gasteiger charge is -2.02. The Kier molecular flexibility index (Phi) is 7.83. The molecule has 0 atom stereocenters. The fraction of sp³-hybridized carbons (Fsp3) is 0.294. The van der Waals surface area contributed by atoms with E-state index in [2.05, 4.69) is 38.8 Å². The van der Waals surface area contributed by atoms with Gasteiger partial charge in [-0.2, -0.15) is 0 Å². The first-order valence-electron chi connectivity index (χ1n) is 6.92. The number of hydrogen-bond acceptors (Lipinski definition) is 2. The molecule has 4 heteroatoms. The van der Waals surface area contributed by atoms with Gasteiger partial charge in [0.15, 0.2) is 0 Å². The maximum Gasteiger partial charge on any atom is 0.118 e. The number of aryl methyl sites for hydroxylation is 2. The molecule has 2 aromatic carbocycles. The van der Waals surface area contributed by atoms with E-state index in [1.165, 1.54) is 0 Å². The van der Waals surface area contributed by atoms with Gasteiger partial charge in [-0.25, -0.2) is 0 Å². The van der Waals surface area contributed by atoms with Gasteiger partial charge in [-0.05, 0) is 60.4 Å². The SMILES string of the molecule is CCCc1cc(Br)ccc1O.CCc1cc(Br)ccc1O. The molecule has 0 saturated heterocycles. The summed E-state index contributed by atoms with van der Waals surface area (Å²) in [7, 11) is 0. The number of hydrogen-bond donors (Lipinski definition) is 2. The van der Waals surface area contributed by atoms with Crippen LogP contribution in [0.4, 0.5) is 0 Å². The summed E-state index contributed by atoms with van der Waals surface area (Å²) in [6, 6.07) is 11.0. The highest BCUT2D eigenvalue weighted by molar-refractivity contribution is 9.10. The molecule has 114 valence electrons. The highest BCUT2D eigenvalue weighted by Gasteiger charge is 1.99. The van der Waals surface area contributed by atoms with Crippen molar-refractivity contribution in [2.75, 3.05) is 0 Å². The molecule has 21 heavy (non-hydrogen) atoms. The summed E-state index contributed by atoms with van der Waals surface area (Å²) in [5.41, 5.74) is 2.00. The van der Waals surface area contributed by atoms with E-state index in [4.69, 9.17) is 0 Å². The van der Waals surface area contributed by atoms with Gasteiger partial charge in [0.1, 0.15) is 11.5 Å². The lowest BCUT2D eigenvalue weighted by molar-refractivity contribution is 0.467. The monoisotopic (exact) mass is 414 g/mol. The van der Waals surface area contributed by atoms with Crippen LogP contribution in [0.2, 0.25) is 0 Å². The molecule has 2 N–H and O–H groups in total. The van der Waals surface area contributed by atoms with Crippen molar-refractivity contribution in [3.63, 3.8) is 0 Å². The van der Waals surface area contributed by atoms with E-state index in [0.717, 1.165) is 39.3 Å². The Hall–Kier alpha value is -1.00. The van der Waals surface area contributed by atoms with Gasteiger partial charge in [0, 0.05) is 8.95 Å². The summed E-state index contributed by atoms with van der Waals surface area (Å²) in [4.78, 5) is 0. The van der Waals surface area contributed by atoms with Crippen LogP contribution in [0.1, 0.15) is 31.4 Å². The predicted molar refractivity (Wildman–Crippen MR) is 95.0 cm³/mol. The molecule has 0 aromatic heterocycles. The standard InChI is InChI=1S/C9H11BrO.C8H9BrO/c1-2-3-7-6-8(10)4-5-9(7)11;1-2-6-5-7(9)3-4-8(6)10/h4-6,11H,2-3H2,1H3;3-5,10H,2H2,1H3. The van der Waals surface area contributed by atoms with E-state index in [-0.39, 0.29) is 0 Å². The smallest absolute Gasteiger partial charge is 0.118 e. The van der Waals surface area contributed by atoms with E-state index in [9.17, 15) is 10.2 Å². The average molecular weight is 416 g/mol. The van der Waals surface area contributed by atoms with E-state index in [0.29, 0.717) is 11.5 Å². The molecule has 0 amide bonds. The Morgan fingerprint density at radius 2 is 1.29 bits per heavy atom. The van der Waals surface area contributed by atoms with Gasteiger partial charge in [0.25, 0.3) is 0 Å². The second kappa shape index (κ2) is 9.11. The van der Waals surface area contributed by atoms with Crippen LogP contribution in [-0.2, 0) is 12.8 Å². The summed E-state index contributed by atoms with van der Waals surface area (Å²) in [6.07, 6.45) is 2.86. The summed E-state index contributed by atoms with van der Waals surface area (Å²) in [5.74, 6) is 0.778. The Morgan fingerprint density at radius 3 is 1.71 bits per heavy atom. The molecule has 2 aromatic rings. The van der Waals surface area contributed by atoms with Gasteiger partial charge in [0.2, 0.25) is 0 Å². The predicted octanol–water partition coefficient (Wildman–Crippen LogP) is 5.82. The fourth-order valence-corrected chi connectivity index (χ4v) is 2.68. The molecule has 2 rings (SSSR count). The largest absolute Gasteiger partial charge is 0.508 e. The van der Waals surface area contributed by atoms with Crippen LogP contribution in [0.3, 0.4) is 0 Å². The van der Waals surface area contributed by atoms with Crippen LogP contribution in [0.5, 0.6) is 11.5 Å². The molecule has 0 aliphatic rings. The summed E-state index contributed by atoms with van der Waals surface area (Å²) < 4.78 is 2.04. The van der Waals surface area contributed by atoms with Crippen LogP contribution in [0.25, 0.3) is 0 Å². The maximum absolute atomic E-state index is 9.35. The van der Waals surface area contributed by atoms with Crippen molar-refractivity contribution in [3.8, 4) is 11.5 Å². The van der Waals surface area contributed by atoms with E-state index in [1.54, 1.807) is 12.1 Å². The lowest BCUT2D eigenvalue weighted by Crippen LogP contribution is -1.83. The molecule has 0 heterocycles. The zero-order valence-electron chi connectivity index (χ0n) is 12.2. The first-order chi connectivity index (χ1) is 9.97. The Morgan fingerprint density at radius 1 is 0.810 bits per heavy atom. The molecule has 0 aliphatic carbocycles. The van der Waals surface area contributed by atoms with E-state index >= 15 is 0 Å². The minimum Gasteiger partial charge on any atom is -0.508 e. The molecule has 0 bridgehead atoms. The minimum atomic E-state index is 0.380. The number of rotatable bonds is 3. The Labute approximate surface area is 143 Å². The first-order valence-corrected chi connectivity index (χ1v) is 8.51. The van der Waals surface area contributed by atoms with Crippen LogP contribution < -0.4 is 0 Å². The number of phenols is 2. The molecule has 0 saturated carbocycles. The van der Waals surface area contributed by atoms with Crippen molar-refractivity contribution in [3.05, 3.63) is 56.5 Å². The van der Waals surface area contributed by atoms with Gasteiger partial charge < -0.3 is 10.2 Å². The Bertz CT molecular complexity index is 583. The maximum atomic E-state index is 9.35. The summed E-state index contributed by atoms with van der Waals surface area (Å²) >= 11 is 6.68. The third kappa shape index (κ3) is 6.10. The molecule has 0 aliphatic heterocycles. The molecule has 0 spiro atoms. The van der Waals surface area contributed by atoms with Crippen molar-refractivity contribution >= 4 is 31.9 Å². The van der Waals surface area contributed by atoms with Crippen LogP contribution >= 0.6 is 31.9 Å². The average Bonchev–Trinajstić information content (AvgIpc) is 2.46. The summed E-state index contributed by atoms with van der Waals surface area (Å²) in [5, 5.41) is 18.6. The molecule has 2 nitrogen and oxygen atoms in total. The lowest BCUT2D eigenvalue weighted by atomic mass is 10.1. The highest BCUT2D eigenvalue weighted by atomic mass is 79.9. The van der Waals surface area contributed by atoms with Crippen molar-refractivity contribution < 1.29 is 10.2 Å². The number of phenolic OH excluding ortho intramolecular Hbond substituents is 2. The second-order valence-corrected chi connectivity index (χ2v) is 6.48. The first kappa shape index (κ1) is 18.1. The topological polar surface area (TPSA) is 40.5 Å². The third-order valence-electron chi connectivity index (χ3n) is 2.98. The van der Waals surface area contributed by atoms with Crippen LogP contribution in [0, 0.1) is 0 Å². The van der Waals surface area contributed by atoms with E-state index < -0.39 is 0 Å².